The highest BCUT2D eigenvalue weighted by Gasteiger charge is 2.73. The first-order valence-corrected chi connectivity index (χ1v) is 20.8. The molecule has 0 bridgehead atoms. The monoisotopic (exact) mass is 670 g/mol. The maximum atomic E-state index is 14.1. The second-order valence-corrected chi connectivity index (χ2v) is 18.9. The lowest BCUT2D eigenvalue weighted by atomic mass is 9.65. The van der Waals surface area contributed by atoms with E-state index in [2.05, 4.69) is 12.2 Å². The number of hydrogen-bond donors (Lipinski definition) is 2. The van der Waals surface area contributed by atoms with Gasteiger partial charge >= 0.3 is 11.9 Å². The molecule has 8 nitrogen and oxygen atoms in total. The molecule has 0 saturated carbocycles. The van der Waals surface area contributed by atoms with E-state index in [1.54, 1.807) is 28.5 Å². The number of esters is 2. The quantitative estimate of drug-likeness (QED) is 0.141. The van der Waals surface area contributed by atoms with Gasteiger partial charge in [-0.15, -0.1) is 0 Å². The summed E-state index contributed by atoms with van der Waals surface area (Å²) in [4.78, 5) is 54.4. The van der Waals surface area contributed by atoms with Gasteiger partial charge < -0.3 is 20.5 Å². The Morgan fingerprint density at radius 3 is 2.20 bits per heavy atom. The minimum absolute atomic E-state index is 0.225. The van der Waals surface area contributed by atoms with Gasteiger partial charge in [-0.3, -0.25) is 14.4 Å². The minimum Gasteiger partial charge on any atom is -0.469 e. The fraction of sp³-hybridized carbons (Fsp3) is 0.846. The molecule has 0 aromatic heterocycles. The van der Waals surface area contributed by atoms with Crippen LogP contribution in [0.15, 0.2) is 0 Å². The molecule has 3 heterocycles. The fourth-order valence-corrected chi connectivity index (χ4v) is 17.9. The van der Waals surface area contributed by atoms with Crippen molar-refractivity contribution < 1.29 is 28.7 Å². The smallest absolute Gasteiger partial charge is 0.330 e. The summed E-state index contributed by atoms with van der Waals surface area (Å²) in [6.45, 7) is 7.86. The largest absolute Gasteiger partial charge is 0.469 e. The first kappa shape index (κ1) is 34.5. The van der Waals surface area contributed by atoms with Gasteiger partial charge in [-0.1, -0.05) is 104 Å². The van der Waals surface area contributed by atoms with Crippen LogP contribution in [0.25, 0.3) is 0 Å². The molecule has 40 heavy (non-hydrogen) atoms. The number of hydrogen-bond acceptors (Lipinski definition) is 12. The zero-order valence-corrected chi connectivity index (χ0v) is 28.8. The summed E-state index contributed by atoms with van der Waals surface area (Å²) >= 11 is 0. The number of unbranched alkanes of at least 4 members (excludes halogenated alkanes) is 5. The lowest BCUT2D eigenvalue weighted by Crippen LogP contribution is -2.72. The molecule has 5 unspecified atom stereocenters. The molecule has 3 aliphatic rings. The van der Waals surface area contributed by atoms with E-state index in [0.717, 1.165) is 32.1 Å². The molecule has 0 aromatic carbocycles. The highest BCUT2D eigenvalue weighted by Crippen LogP contribution is 2.69. The van der Waals surface area contributed by atoms with Gasteiger partial charge in [0.15, 0.2) is 0 Å². The molecule has 0 radical (unpaired) electrons. The zero-order valence-electron chi connectivity index (χ0n) is 23.9. The van der Waals surface area contributed by atoms with Gasteiger partial charge in [0.05, 0.1) is 40.0 Å². The standard InChI is InChI=1S/C26H42N2O6S6/c1-6-7-8-9-10-11-12-34-18(29)17(28-21(31)23(2)13-35-36-14-23)26(25(4,20(27)30)16-38-40-26)19-24(3,15-37-39-19)22(32)33-5/h17,19H,6-16H2,1-5H3,(H2,27,30)(H,28,31). The van der Waals surface area contributed by atoms with Crippen LogP contribution in [0.4, 0.5) is 0 Å². The van der Waals surface area contributed by atoms with Crippen molar-refractivity contribution in [3.8, 4) is 0 Å². The van der Waals surface area contributed by atoms with E-state index in [1.165, 1.54) is 56.7 Å². The minimum atomic E-state index is -1.26. The van der Waals surface area contributed by atoms with Crippen molar-refractivity contribution in [1.29, 1.82) is 0 Å². The van der Waals surface area contributed by atoms with E-state index >= 15 is 0 Å². The normalized spacial score (nSPS) is 32.0. The third-order valence-electron chi connectivity index (χ3n) is 8.16. The van der Waals surface area contributed by atoms with E-state index in [-0.39, 0.29) is 12.5 Å². The topological polar surface area (TPSA) is 125 Å². The van der Waals surface area contributed by atoms with Crippen LogP contribution in [-0.4, -0.2) is 76.5 Å². The summed E-state index contributed by atoms with van der Waals surface area (Å²) < 4.78 is 9.83. The highest BCUT2D eigenvalue weighted by atomic mass is 33.1. The predicted molar refractivity (Wildman–Crippen MR) is 173 cm³/mol. The number of ether oxygens (including phenoxy) is 2. The molecule has 2 amide bonds. The molecule has 14 heteroatoms. The summed E-state index contributed by atoms with van der Waals surface area (Å²) in [5.41, 5.74) is 3.17. The second-order valence-electron chi connectivity index (χ2n) is 11.4. The van der Waals surface area contributed by atoms with Crippen LogP contribution in [0.5, 0.6) is 0 Å². The van der Waals surface area contributed by atoms with Gasteiger partial charge in [0.2, 0.25) is 11.8 Å². The van der Waals surface area contributed by atoms with Gasteiger partial charge in [-0.25, -0.2) is 4.79 Å². The van der Waals surface area contributed by atoms with Crippen molar-refractivity contribution in [2.45, 2.75) is 82.3 Å². The van der Waals surface area contributed by atoms with Crippen molar-refractivity contribution in [3.63, 3.8) is 0 Å². The zero-order chi connectivity index (χ0) is 29.6. The van der Waals surface area contributed by atoms with Crippen molar-refractivity contribution in [3.05, 3.63) is 0 Å². The molecule has 5 atom stereocenters. The number of nitrogens with two attached hydrogens (primary N) is 1. The van der Waals surface area contributed by atoms with E-state index < -0.39 is 50.1 Å². The number of rotatable bonds is 14. The van der Waals surface area contributed by atoms with Crippen molar-refractivity contribution in [1.82, 2.24) is 5.32 Å². The Kier molecular flexibility index (Phi) is 12.6. The lowest BCUT2D eigenvalue weighted by molar-refractivity contribution is -0.156. The molecule has 3 aliphatic heterocycles. The first-order valence-electron chi connectivity index (χ1n) is 13.6. The van der Waals surface area contributed by atoms with Crippen molar-refractivity contribution >= 4 is 88.5 Å². The average molecular weight is 671 g/mol. The molecule has 0 aliphatic carbocycles. The van der Waals surface area contributed by atoms with E-state index in [9.17, 15) is 19.2 Å². The number of primary amides is 1. The number of carbonyl (C=O) groups is 4. The summed E-state index contributed by atoms with van der Waals surface area (Å²) in [7, 11) is 10.4. The Bertz CT molecular complexity index is 953. The van der Waals surface area contributed by atoms with E-state index in [0.29, 0.717) is 23.0 Å². The maximum absolute atomic E-state index is 14.1. The predicted octanol–water partition coefficient (Wildman–Crippen LogP) is 5.34. The van der Waals surface area contributed by atoms with Crippen LogP contribution in [0.2, 0.25) is 0 Å². The molecular formula is C26H42N2O6S6. The van der Waals surface area contributed by atoms with Crippen molar-refractivity contribution in [2.24, 2.45) is 22.0 Å². The van der Waals surface area contributed by atoms with Crippen molar-refractivity contribution in [2.75, 3.05) is 36.7 Å². The molecule has 3 saturated heterocycles. The Balaban J connectivity index is 2.02. The van der Waals surface area contributed by atoms with Crippen LogP contribution in [0.1, 0.15) is 66.2 Å². The molecule has 3 N–H and O–H groups in total. The molecule has 3 fully saturated rings. The van der Waals surface area contributed by atoms with Crippen LogP contribution in [-0.2, 0) is 28.7 Å². The fourth-order valence-electron chi connectivity index (χ4n) is 5.22. The summed E-state index contributed by atoms with van der Waals surface area (Å²) in [5.74, 6) is 0.163. The van der Waals surface area contributed by atoms with Crippen LogP contribution < -0.4 is 11.1 Å². The Morgan fingerprint density at radius 1 is 0.925 bits per heavy atom. The molecule has 0 aromatic rings. The number of nitrogens with one attached hydrogen (secondary N) is 1. The Morgan fingerprint density at radius 2 is 1.57 bits per heavy atom. The summed E-state index contributed by atoms with van der Waals surface area (Å²) in [6.07, 6.45) is 6.22. The number of carbonyl (C=O) groups excluding carboxylic acids is 4. The molecule has 3 rings (SSSR count). The van der Waals surface area contributed by atoms with E-state index in [4.69, 9.17) is 15.2 Å². The van der Waals surface area contributed by atoms with Crippen LogP contribution in [0, 0.1) is 16.2 Å². The molecular weight excluding hydrogens is 629 g/mol. The van der Waals surface area contributed by atoms with Gasteiger partial charge in [-0.05, 0) is 27.2 Å². The third-order valence-corrected chi connectivity index (χ3v) is 18.0. The van der Waals surface area contributed by atoms with Gasteiger partial charge in [0.1, 0.15) is 6.04 Å². The second kappa shape index (κ2) is 14.6. The SMILES string of the molecule is CCCCCCCCOC(=O)C(NC(=O)C1(C)CSSC1)C1(C2SSCC2(C)C(=O)OC)SSCC1(C)C(N)=O. The lowest BCUT2D eigenvalue weighted by Gasteiger charge is -2.50. The molecule has 228 valence electrons. The van der Waals surface area contributed by atoms with Gasteiger partial charge in [0.25, 0.3) is 0 Å². The first-order chi connectivity index (χ1) is 18.9. The third kappa shape index (κ3) is 6.71. The highest BCUT2D eigenvalue weighted by molar-refractivity contribution is 8.79. The van der Waals surface area contributed by atoms with Gasteiger partial charge in [-0.2, -0.15) is 0 Å². The average Bonchev–Trinajstić information content (AvgIpc) is 3.64. The number of methoxy groups -OCH3 is 1. The Labute approximate surface area is 262 Å². The Hall–Kier alpha value is -0.0200. The summed E-state index contributed by atoms with van der Waals surface area (Å²) in [5, 5.41) is 2.51. The number of amides is 2. The van der Waals surface area contributed by atoms with E-state index in [1.807, 2.05) is 13.8 Å². The van der Waals surface area contributed by atoms with Crippen LogP contribution >= 0.6 is 64.8 Å². The van der Waals surface area contributed by atoms with Gasteiger partial charge in [0, 0.05) is 23.0 Å². The molecule has 0 spiro atoms. The summed E-state index contributed by atoms with van der Waals surface area (Å²) in [6, 6.07) is -1.19. The van der Waals surface area contributed by atoms with Crippen LogP contribution in [0.3, 0.4) is 0 Å². The maximum Gasteiger partial charge on any atom is 0.330 e.